The SMILES string of the molecule is O=C1C=CC2=NC=CCN12. The predicted octanol–water partition coefficient (Wildman–Crippen LogP) is 0.311. The number of hydrogen-bond acceptors (Lipinski definition) is 2. The molecule has 0 bridgehead atoms. The second-order valence-electron chi connectivity index (χ2n) is 2.15. The number of carbonyl (C=O) groups is 1. The van der Waals surface area contributed by atoms with Crippen LogP contribution in [0.4, 0.5) is 0 Å². The number of carbonyl (C=O) groups excluding carboxylic acids is 1. The fraction of sp³-hybridized carbons (Fsp3) is 0.143. The van der Waals surface area contributed by atoms with Crippen molar-refractivity contribution in [1.82, 2.24) is 4.90 Å². The molecular formula is C7H6N2O. The van der Waals surface area contributed by atoms with Crippen molar-refractivity contribution in [3.63, 3.8) is 0 Å². The van der Waals surface area contributed by atoms with Gasteiger partial charge < -0.3 is 0 Å². The molecule has 1 amide bonds. The summed E-state index contributed by atoms with van der Waals surface area (Å²) >= 11 is 0. The molecule has 0 spiro atoms. The van der Waals surface area contributed by atoms with Crippen LogP contribution in [-0.2, 0) is 4.79 Å². The molecule has 0 radical (unpaired) electrons. The van der Waals surface area contributed by atoms with Crippen LogP contribution < -0.4 is 0 Å². The van der Waals surface area contributed by atoms with Gasteiger partial charge in [0.25, 0.3) is 5.91 Å². The Hall–Kier alpha value is -1.38. The van der Waals surface area contributed by atoms with Crippen LogP contribution in [0.2, 0.25) is 0 Å². The summed E-state index contributed by atoms with van der Waals surface area (Å²) in [4.78, 5) is 16.6. The molecular weight excluding hydrogens is 128 g/mol. The Balaban J connectivity index is 2.39. The third kappa shape index (κ3) is 0.603. The van der Waals surface area contributed by atoms with E-state index in [1.54, 1.807) is 17.2 Å². The maximum atomic E-state index is 10.9. The molecule has 0 unspecified atom stereocenters. The summed E-state index contributed by atoms with van der Waals surface area (Å²) in [6.45, 7) is 0.657. The molecule has 2 aliphatic rings. The fourth-order valence-electron chi connectivity index (χ4n) is 1.02. The lowest BCUT2D eigenvalue weighted by molar-refractivity contribution is -0.121. The summed E-state index contributed by atoms with van der Waals surface area (Å²) in [6.07, 6.45) is 6.83. The molecule has 0 saturated heterocycles. The highest BCUT2D eigenvalue weighted by atomic mass is 16.2. The van der Waals surface area contributed by atoms with Gasteiger partial charge in [0.2, 0.25) is 0 Å². The van der Waals surface area contributed by atoms with E-state index in [9.17, 15) is 4.79 Å². The van der Waals surface area contributed by atoms with Crippen molar-refractivity contribution in [1.29, 1.82) is 0 Å². The lowest BCUT2D eigenvalue weighted by atomic mass is 10.4. The first-order valence-corrected chi connectivity index (χ1v) is 3.10. The minimum Gasteiger partial charge on any atom is -0.289 e. The van der Waals surface area contributed by atoms with E-state index in [2.05, 4.69) is 4.99 Å². The van der Waals surface area contributed by atoms with E-state index in [0.29, 0.717) is 6.54 Å². The molecule has 2 rings (SSSR count). The molecule has 50 valence electrons. The number of fused-ring (bicyclic) bond motifs is 1. The second kappa shape index (κ2) is 1.80. The minimum absolute atomic E-state index is 0.0306. The summed E-state index contributed by atoms with van der Waals surface area (Å²) in [7, 11) is 0. The van der Waals surface area contributed by atoms with Gasteiger partial charge in [0.1, 0.15) is 5.84 Å². The van der Waals surface area contributed by atoms with Gasteiger partial charge in [0, 0.05) is 18.8 Å². The van der Waals surface area contributed by atoms with Crippen molar-refractivity contribution in [3.8, 4) is 0 Å². The molecule has 0 saturated carbocycles. The lowest BCUT2D eigenvalue weighted by Crippen LogP contribution is -2.31. The van der Waals surface area contributed by atoms with Crippen molar-refractivity contribution in [2.45, 2.75) is 0 Å². The van der Waals surface area contributed by atoms with Crippen LogP contribution in [0, 0.1) is 0 Å². The quantitative estimate of drug-likeness (QED) is 0.469. The number of amides is 1. The second-order valence-corrected chi connectivity index (χ2v) is 2.15. The zero-order valence-electron chi connectivity index (χ0n) is 5.32. The van der Waals surface area contributed by atoms with E-state index in [-0.39, 0.29) is 5.91 Å². The summed E-state index contributed by atoms with van der Waals surface area (Å²) in [6, 6.07) is 0. The first-order chi connectivity index (χ1) is 4.88. The summed E-state index contributed by atoms with van der Waals surface area (Å²) < 4.78 is 0. The zero-order valence-corrected chi connectivity index (χ0v) is 5.32. The van der Waals surface area contributed by atoms with Crippen molar-refractivity contribution in [2.24, 2.45) is 4.99 Å². The van der Waals surface area contributed by atoms with E-state index in [0.717, 1.165) is 5.84 Å². The maximum Gasteiger partial charge on any atom is 0.252 e. The Labute approximate surface area is 58.4 Å². The average molecular weight is 134 g/mol. The van der Waals surface area contributed by atoms with Gasteiger partial charge in [-0.2, -0.15) is 0 Å². The van der Waals surface area contributed by atoms with Gasteiger partial charge in [0.15, 0.2) is 0 Å². The van der Waals surface area contributed by atoms with E-state index < -0.39 is 0 Å². The van der Waals surface area contributed by atoms with Gasteiger partial charge in [-0.05, 0) is 12.2 Å². The van der Waals surface area contributed by atoms with Crippen LogP contribution in [0.5, 0.6) is 0 Å². The molecule has 0 fully saturated rings. The van der Waals surface area contributed by atoms with Crippen molar-refractivity contribution < 1.29 is 4.79 Å². The van der Waals surface area contributed by atoms with Crippen LogP contribution in [0.3, 0.4) is 0 Å². The monoisotopic (exact) mass is 134 g/mol. The average Bonchev–Trinajstić information content (AvgIpc) is 2.34. The molecule has 0 aliphatic carbocycles. The highest BCUT2D eigenvalue weighted by molar-refractivity contribution is 6.15. The normalized spacial score (nSPS) is 21.4. The Morgan fingerprint density at radius 1 is 1.50 bits per heavy atom. The smallest absolute Gasteiger partial charge is 0.252 e. The van der Waals surface area contributed by atoms with Gasteiger partial charge in [0.05, 0.1) is 0 Å². The van der Waals surface area contributed by atoms with Crippen LogP contribution in [0.1, 0.15) is 0 Å². The summed E-state index contributed by atoms with van der Waals surface area (Å²) in [5, 5.41) is 0. The van der Waals surface area contributed by atoms with Crippen LogP contribution >= 0.6 is 0 Å². The Bertz CT molecular complexity index is 263. The van der Waals surface area contributed by atoms with Gasteiger partial charge in [-0.3, -0.25) is 9.69 Å². The molecule has 3 nitrogen and oxygen atoms in total. The van der Waals surface area contributed by atoms with Crippen LogP contribution in [0.15, 0.2) is 29.4 Å². The minimum atomic E-state index is 0.0306. The van der Waals surface area contributed by atoms with E-state index in [1.807, 2.05) is 6.08 Å². The molecule has 0 aromatic heterocycles. The van der Waals surface area contributed by atoms with Crippen molar-refractivity contribution in [2.75, 3.05) is 6.54 Å². The predicted molar refractivity (Wildman–Crippen MR) is 37.4 cm³/mol. The molecule has 2 heterocycles. The number of amidine groups is 1. The molecule has 3 heteroatoms. The van der Waals surface area contributed by atoms with E-state index in [1.165, 1.54) is 6.08 Å². The van der Waals surface area contributed by atoms with Gasteiger partial charge in [-0.1, -0.05) is 0 Å². The number of aliphatic imine (C=N–C) groups is 1. The summed E-state index contributed by atoms with van der Waals surface area (Å²) in [5.74, 6) is 0.788. The molecule has 0 atom stereocenters. The Morgan fingerprint density at radius 2 is 2.40 bits per heavy atom. The molecule has 2 aliphatic heterocycles. The molecule has 0 aromatic carbocycles. The number of nitrogens with zero attached hydrogens (tertiary/aromatic N) is 2. The highest BCUT2D eigenvalue weighted by Crippen LogP contribution is 2.08. The number of rotatable bonds is 0. The lowest BCUT2D eigenvalue weighted by Gasteiger charge is -2.15. The number of hydrogen-bond donors (Lipinski definition) is 0. The fourth-order valence-corrected chi connectivity index (χ4v) is 1.02. The van der Waals surface area contributed by atoms with E-state index in [4.69, 9.17) is 0 Å². The Kier molecular flexibility index (Phi) is 0.974. The first kappa shape index (κ1) is 5.41. The topological polar surface area (TPSA) is 32.7 Å². The maximum absolute atomic E-state index is 10.9. The summed E-state index contributed by atoms with van der Waals surface area (Å²) in [5.41, 5.74) is 0. The third-order valence-electron chi connectivity index (χ3n) is 1.52. The standard InChI is InChI=1S/C7H6N2O/c10-7-3-2-6-8-4-1-5-9(6)7/h1-4H,5H2. The van der Waals surface area contributed by atoms with Crippen LogP contribution in [0.25, 0.3) is 0 Å². The van der Waals surface area contributed by atoms with Crippen LogP contribution in [-0.4, -0.2) is 23.2 Å². The zero-order chi connectivity index (χ0) is 6.97. The van der Waals surface area contributed by atoms with Crippen molar-refractivity contribution in [3.05, 3.63) is 24.4 Å². The van der Waals surface area contributed by atoms with Crippen molar-refractivity contribution >= 4 is 11.7 Å². The molecule has 0 aromatic rings. The third-order valence-corrected chi connectivity index (χ3v) is 1.52. The molecule has 10 heavy (non-hydrogen) atoms. The van der Waals surface area contributed by atoms with Gasteiger partial charge in [-0.15, -0.1) is 0 Å². The Morgan fingerprint density at radius 3 is 3.20 bits per heavy atom. The largest absolute Gasteiger partial charge is 0.289 e. The van der Waals surface area contributed by atoms with Gasteiger partial charge >= 0.3 is 0 Å². The first-order valence-electron chi connectivity index (χ1n) is 3.10. The molecule has 0 N–H and O–H groups in total. The van der Waals surface area contributed by atoms with E-state index >= 15 is 0 Å². The highest BCUT2D eigenvalue weighted by Gasteiger charge is 2.20. The van der Waals surface area contributed by atoms with Gasteiger partial charge in [-0.25, -0.2) is 4.99 Å².